The van der Waals surface area contributed by atoms with Crippen LogP contribution in [-0.2, 0) is 6.54 Å². The average molecular weight is 305 g/mol. The quantitative estimate of drug-likeness (QED) is 0.686. The molecule has 0 fully saturated rings. The number of rotatable bonds is 4. The highest BCUT2D eigenvalue weighted by Crippen LogP contribution is 2.31. The van der Waals surface area contributed by atoms with Crippen molar-refractivity contribution in [2.75, 3.05) is 0 Å². The van der Waals surface area contributed by atoms with Gasteiger partial charge in [0.1, 0.15) is 11.3 Å². The Kier molecular flexibility index (Phi) is 4.64. The number of halogens is 6. The predicted octanol–water partition coefficient (Wildman–Crippen LogP) is 2.76. The van der Waals surface area contributed by atoms with Crippen LogP contribution in [0.15, 0.2) is 6.07 Å². The van der Waals surface area contributed by atoms with E-state index in [1.54, 1.807) is 0 Å². The lowest BCUT2D eigenvalue weighted by Gasteiger charge is -2.14. The van der Waals surface area contributed by atoms with Crippen molar-refractivity contribution in [3.05, 3.63) is 22.9 Å². The van der Waals surface area contributed by atoms with Gasteiger partial charge in [0.05, 0.1) is 0 Å². The fourth-order valence-electron chi connectivity index (χ4n) is 1.26. The van der Waals surface area contributed by atoms with E-state index >= 15 is 0 Å². The summed E-state index contributed by atoms with van der Waals surface area (Å²) >= 11 is 5.08. The van der Waals surface area contributed by atoms with Crippen molar-refractivity contribution < 1.29 is 31.5 Å². The van der Waals surface area contributed by atoms with Crippen LogP contribution in [0.5, 0.6) is 5.88 Å². The molecule has 0 aliphatic carbocycles. The first kappa shape index (κ1) is 15.6. The van der Waals surface area contributed by atoms with Gasteiger partial charge in [-0.25, -0.2) is 13.8 Å². The highest BCUT2D eigenvalue weighted by molar-refractivity contribution is 6.68. The highest BCUT2D eigenvalue weighted by Gasteiger charge is 2.35. The molecule has 1 aromatic heterocycles. The molecular formula is C9H6ClF5N2O2. The van der Waals surface area contributed by atoms with E-state index in [1.165, 1.54) is 0 Å². The van der Waals surface area contributed by atoms with Crippen molar-refractivity contribution in [3.8, 4) is 5.88 Å². The van der Waals surface area contributed by atoms with Gasteiger partial charge in [-0.2, -0.15) is 0 Å². The molecule has 0 saturated heterocycles. The van der Waals surface area contributed by atoms with Gasteiger partial charge >= 0.3 is 6.36 Å². The van der Waals surface area contributed by atoms with Crippen molar-refractivity contribution in [1.82, 2.24) is 4.98 Å². The molecule has 1 aromatic rings. The van der Waals surface area contributed by atoms with Crippen LogP contribution in [0.25, 0.3) is 0 Å². The Bertz CT molecular complexity index is 492. The maximum atomic E-state index is 12.5. The number of carbonyl (C=O) groups is 1. The third-order valence-corrected chi connectivity index (χ3v) is 2.13. The summed E-state index contributed by atoms with van der Waals surface area (Å²) in [5.41, 5.74) is 3.07. The molecule has 106 valence electrons. The standard InChI is InChI=1S/C9H6ClF5N2O2/c10-6(18)5-3(2-16)1-4(7(11)12)17-8(5)19-9(13,14)15/h1,7H,2,16H2. The van der Waals surface area contributed by atoms with Gasteiger partial charge < -0.3 is 10.5 Å². The van der Waals surface area contributed by atoms with Gasteiger partial charge in [0.2, 0.25) is 5.88 Å². The van der Waals surface area contributed by atoms with E-state index in [9.17, 15) is 26.7 Å². The number of nitrogens with zero attached hydrogens (tertiary/aromatic N) is 1. The van der Waals surface area contributed by atoms with Crippen molar-refractivity contribution in [3.63, 3.8) is 0 Å². The zero-order chi connectivity index (χ0) is 14.8. The Morgan fingerprint density at radius 1 is 1.47 bits per heavy atom. The zero-order valence-electron chi connectivity index (χ0n) is 8.97. The van der Waals surface area contributed by atoms with E-state index < -0.39 is 41.7 Å². The Balaban J connectivity index is 3.45. The van der Waals surface area contributed by atoms with E-state index in [4.69, 9.17) is 17.3 Å². The molecule has 0 bridgehead atoms. The Morgan fingerprint density at radius 3 is 2.42 bits per heavy atom. The molecule has 10 heteroatoms. The molecule has 0 aromatic carbocycles. The van der Waals surface area contributed by atoms with Gasteiger partial charge in [0.15, 0.2) is 0 Å². The minimum absolute atomic E-state index is 0.315. The molecule has 0 aliphatic heterocycles. The summed E-state index contributed by atoms with van der Waals surface area (Å²) in [6, 6.07) is 0.698. The van der Waals surface area contributed by atoms with Crippen LogP contribution in [0.4, 0.5) is 22.0 Å². The molecule has 4 nitrogen and oxygen atoms in total. The first-order valence-electron chi connectivity index (χ1n) is 4.63. The van der Waals surface area contributed by atoms with Crippen LogP contribution >= 0.6 is 11.6 Å². The second kappa shape index (κ2) is 5.66. The predicted molar refractivity (Wildman–Crippen MR) is 54.0 cm³/mol. The summed E-state index contributed by atoms with van der Waals surface area (Å²) in [7, 11) is 0. The number of hydrogen-bond donors (Lipinski definition) is 1. The number of alkyl halides is 5. The van der Waals surface area contributed by atoms with Gasteiger partial charge in [-0.15, -0.1) is 13.2 Å². The zero-order valence-corrected chi connectivity index (χ0v) is 9.73. The molecule has 0 unspecified atom stereocenters. The molecule has 1 rings (SSSR count). The fourth-order valence-corrected chi connectivity index (χ4v) is 1.46. The number of pyridine rings is 1. The molecule has 0 aliphatic rings. The van der Waals surface area contributed by atoms with Gasteiger partial charge in [0, 0.05) is 6.54 Å². The summed E-state index contributed by atoms with van der Waals surface area (Å²) in [6.45, 7) is -0.482. The molecule has 2 N–H and O–H groups in total. The Labute approximate surface area is 108 Å². The molecule has 0 amide bonds. The first-order valence-corrected chi connectivity index (χ1v) is 5.01. The molecule has 0 spiro atoms. The summed E-state index contributed by atoms with van der Waals surface area (Å²) in [5, 5.41) is -1.34. The van der Waals surface area contributed by atoms with Gasteiger partial charge in [0.25, 0.3) is 11.7 Å². The number of carbonyl (C=O) groups excluding carboxylic acids is 1. The van der Waals surface area contributed by atoms with Crippen LogP contribution < -0.4 is 10.5 Å². The van der Waals surface area contributed by atoms with Crippen molar-refractivity contribution in [1.29, 1.82) is 0 Å². The number of hydrogen-bond acceptors (Lipinski definition) is 4. The Morgan fingerprint density at radius 2 is 2.05 bits per heavy atom. The minimum Gasteiger partial charge on any atom is -0.387 e. The second-order valence-corrected chi connectivity index (χ2v) is 3.56. The maximum Gasteiger partial charge on any atom is 0.574 e. The lowest BCUT2D eigenvalue weighted by molar-refractivity contribution is -0.276. The summed E-state index contributed by atoms with van der Waals surface area (Å²) in [5.74, 6) is -1.34. The normalized spacial score (nSPS) is 11.8. The molecule has 0 saturated carbocycles. The van der Waals surface area contributed by atoms with E-state index in [1.807, 2.05) is 0 Å². The molecular weight excluding hydrogens is 299 g/mol. The maximum absolute atomic E-state index is 12.5. The van der Waals surface area contributed by atoms with Crippen LogP contribution in [0.3, 0.4) is 0 Å². The lowest BCUT2D eigenvalue weighted by Crippen LogP contribution is -2.21. The largest absolute Gasteiger partial charge is 0.574 e. The smallest absolute Gasteiger partial charge is 0.387 e. The topological polar surface area (TPSA) is 65.2 Å². The van der Waals surface area contributed by atoms with Gasteiger partial charge in [-0.1, -0.05) is 0 Å². The van der Waals surface area contributed by atoms with E-state index in [2.05, 4.69) is 9.72 Å². The fraction of sp³-hybridized carbons (Fsp3) is 0.333. The van der Waals surface area contributed by atoms with E-state index in [-0.39, 0.29) is 5.56 Å². The minimum atomic E-state index is -5.21. The molecule has 1 heterocycles. The third-order valence-electron chi connectivity index (χ3n) is 1.94. The lowest BCUT2D eigenvalue weighted by atomic mass is 10.1. The monoisotopic (exact) mass is 304 g/mol. The van der Waals surface area contributed by atoms with Crippen LogP contribution in [0, 0.1) is 0 Å². The van der Waals surface area contributed by atoms with Crippen LogP contribution in [0.1, 0.15) is 28.0 Å². The van der Waals surface area contributed by atoms with Crippen LogP contribution in [-0.4, -0.2) is 16.6 Å². The third kappa shape index (κ3) is 4.00. The average Bonchev–Trinajstić information content (AvgIpc) is 2.24. The summed E-state index contributed by atoms with van der Waals surface area (Å²) < 4.78 is 64.7. The SMILES string of the molecule is NCc1cc(C(F)F)nc(OC(F)(F)F)c1C(=O)Cl. The van der Waals surface area contributed by atoms with E-state index in [0.29, 0.717) is 6.07 Å². The van der Waals surface area contributed by atoms with Gasteiger partial charge in [-0.05, 0) is 23.2 Å². The highest BCUT2D eigenvalue weighted by atomic mass is 35.5. The number of ether oxygens (including phenoxy) is 1. The first-order chi connectivity index (χ1) is 8.65. The number of aromatic nitrogens is 1. The Hall–Kier alpha value is -1.48. The van der Waals surface area contributed by atoms with Crippen molar-refractivity contribution >= 4 is 16.8 Å². The van der Waals surface area contributed by atoms with Gasteiger partial charge in [-0.3, -0.25) is 4.79 Å². The molecule has 0 atom stereocenters. The van der Waals surface area contributed by atoms with Crippen molar-refractivity contribution in [2.45, 2.75) is 19.3 Å². The number of nitrogens with two attached hydrogens (primary N) is 1. The summed E-state index contributed by atoms with van der Waals surface area (Å²) in [4.78, 5) is 14.0. The molecule has 0 radical (unpaired) electrons. The van der Waals surface area contributed by atoms with Crippen molar-refractivity contribution in [2.24, 2.45) is 5.73 Å². The summed E-state index contributed by atoms with van der Waals surface area (Å²) in [6.07, 6.45) is -8.36. The van der Waals surface area contributed by atoms with E-state index in [0.717, 1.165) is 0 Å². The van der Waals surface area contributed by atoms with Crippen LogP contribution in [0.2, 0.25) is 0 Å². The molecule has 19 heavy (non-hydrogen) atoms. The second-order valence-electron chi connectivity index (χ2n) is 3.21.